The molecule has 6 nitrogen and oxygen atoms in total. The van der Waals surface area contributed by atoms with E-state index in [0.29, 0.717) is 11.7 Å². The second-order valence-electron chi connectivity index (χ2n) is 6.59. The molecule has 3 rings (SSSR count). The number of hydrogen-bond acceptors (Lipinski definition) is 5. The molecular weight excluding hydrogens is 374 g/mol. The third kappa shape index (κ3) is 4.31. The molecule has 0 fully saturated rings. The summed E-state index contributed by atoms with van der Waals surface area (Å²) in [6.07, 6.45) is 1.88. The second kappa shape index (κ2) is 8.39. The lowest BCUT2D eigenvalue weighted by molar-refractivity contribution is -0.116. The van der Waals surface area contributed by atoms with Gasteiger partial charge in [-0.05, 0) is 50.1 Å². The number of thiazole rings is 1. The van der Waals surface area contributed by atoms with E-state index in [0.717, 1.165) is 33.0 Å². The molecule has 0 saturated heterocycles. The Labute approximate surface area is 167 Å². The minimum absolute atomic E-state index is 0.118. The third-order valence-electron chi connectivity index (χ3n) is 4.52. The van der Waals surface area contributed by atoms with E-state index < -0.39 is 0 Å². The average Bonchev–Trinajstić information content (AvgIpc) is 3.02. The first-order valence-corrected chi connectivity index (χ1v) is 9.79. The van der Waals surface area contributed by atoms with E-state index in [1.165, 1.54) is 22.0 Å². The lowest BCUT2D eigenvalue weighted by Gasteiger charge is -2.10. The molecule has 3 aromatic rings. The van der Waals surface area contributed by atoms with Gasteiger partial charge in [0.15, 0.2) is 5.13 Å². The predicted molar refractivity (Wildman–Crippen MR) is 112 cm³/mol. The Morgan fingerprint density at radius 3 is 2.71 bits per heavy atom. The van der Waals surface area contributed by atoms with E-state index in [9.17, 15) is 9.59 Å². The molecule has 0 aliphatic heterocycles. The first kappa shape index (κ1) is 19.8. The summed E-state index contributed by atoms with van der Waals surface area (Å²) in [5.74, 6) is 0.678. The molecule has 1 N–H and O–H groups in total. The van der Waals surface area contributed by atoms with E-state index in [4.69, 9.17) is 4.74 Å². The average molecular weight is 398 g/mol. The molecule has 146 valence electrons. The zero-order valence-corrected chi connectivity index (χ0v) is 17.2. The largest absolute Gasteiger partial charge is 0.496 e. The maximum Gasteiger partial charge on any atom is 0.250 e. The van der Waals surface area contributed by atoms with Gasteiger partial charge in [-0.25, -0.2) is 4.98 Å². The number of carbonyl (C=O) groups is 1. The molecule has 7 heteroatoms. The molecule has 0 spiro atoms. The number of carbonyl (C=O) groups excluding carboxylic acids is 1. The summed E-state index contributed by atoms with van der Waals surface area (Å²) in [5, 5.41) is 3.41. The van der Waals surface area contributed by atoms with Crippen LogP contribution in [0, 0.1) is 20.8 Å². The summed E-state index contributed by atoms with van der Waals surface area (Å²) in [5.41, 5.74) is 3.88. The normalized spacial score (nSPS) is 10.7. The molecule has 0 aliphatic rings. The minimum Gasteiger partial charge on any atom is -0.496 e. The second-order valence-corrected chi connectivity index (χ2v) is 7.79. The number of aryl methyl sites for hydroxylation is 4. The molecule has 28 heavy (non-hydrogen) atoms. The van der Waals surface area contributed by atoms with Gasteiger partial charge < -0.3 is 14.6 Å². The van der Waals surface area contributed by atoms with Crippen LogP contribution in [0.3, 0.4) is 0 Å². The molecule has 0 aliphatic carbocycles. The fourth-order valence-electron chi connectivity index (χ4n) is 3.01. The van der Waals surface area contributed by atoms with Crippen LogP contribution in [0.2, 0.25) is 0 Å². The van der Waals surface area contributed by atoms with Crippen LogP contribution in [0.15, 0.2) is 41.3 Å². The van der Waals surface area contributed by atoms with E-state index in [2.05, 4.69) is 16.4 Å². The first-order valence-electron chi connectivity index (χ1n) is 8.97. The number of amides is 1. The highest BCUT2D eigenvalue weighted by Gasteiger charge is 2.15. The number of rotatable bonds is 6. The maximum atomic E-state index is 12.3. The van der Waals surface area contributed by atoms with E-state index in [1.54, 1.807) is 25.4 Å². The summed E-state index contributed by atoms with van der Waals surface area (Å²) in [4.78, 5) is 29.7. The molecule has 2 heterocycles. The van der Waals surface area contributed by atoms with Gasteiger partial charge >= 0.3 is 0 Å². The standard InChI is InChI=1S/C21H23N3O3S/c1-13-12-17(27-4)14(2)11-16(13)20-15(3)28-21(23-20)22-18(25)8-10-24-9-6-5-7-19(24)26/h5-7,9,11-12H,8,10H2,1-4H3,(H,22,23,25). The van der Waals surface area contributed by atoms with Crippen LogP contribution in [-0.2, 0) is 11.3 Å². The van der Waals surface area contributed by atoms with Gasteiger partial charge in [0.2, 0.25) is 5.91 Å². The maximum absolute atomic E-state index is 12.3. The number of aromatic nitrogens is 2. The zero-order chi connectivity index (χ0) is 20.3. The van der Waals surface area contributed by atoms with E-state index in [1.807, 2.05) is 26.8 Å². The van der Waals surface area contributed by atoms with Crippen molar-refractivity contribution in [2.24, 2.45) is 0 Å². The summed E-state index contributed by atoms with van der Waals surface area (Å²) < 4.78 is 6.89. The van der Waals surface area contributed by atoms with Gasteiger partial charge in [-0.3, -0.25) is 9.59 Å². The fourth-order valence-corrected chi connectivity index (χ4v) is 3.86. The Morgan fingerprint density at radius 2 is 2.00 bits per heavy atom. The molecule has 0 unspecified atom stereocenters. The Kier molecular flexibility index (Phi) is 5.94. The Bertz CT molecular complexity index is 1070. The summed E-state index contributed by atoms with van der Waals surface area (Å²) >= 11 is 1.44. The fraction of sp³-hybridized carbons (Fsp3) is 0.286. The number of methoxy groups -OCH3 is 1. The molecule has 0 atom stereocenters. The number of nitrogens with zero attached hydrogens (tertiary/aromatic N) is 2. The van der Waals surface area contributed by atoms with Crippen LogP contribution in [0.4, 0.5) is 5.13 Å². The number of hydrogen-bond donors (Lipinski definition) is 1. The van der Waals surface area contributed by atoms with Crippen molar-refractivity contribution in [3.63, 3.8) is 0 Å². The van der Waals surface area contributed by atoms with Gasteiger partial charge in [-0.1, -0.05) is 6.07 Å². The highest BCUT2D eigenvalue weighted by Crippen LogP contribution is 2.35. The third-order valence-corrected chi connectivity index (χ3v) is 5.40. The van der Waals surface area contributed by atoms with Crippen molar-refractivity contribution in [1.82, 2.24) is 9.55 Å². The van der Waals surface area contributed by atoms with Gasteiger partial charge in [0.1, 0.15) is 5.75 Å². The number of pyridine rings is 1. The van der Waals surface area contributed by atoms with Gasteiger partial charge in [0.25, 0.3) is 5.56 Å². The molecule has 1 aromatic carbocycles. The summed E-state index contributed by atoms with van der Waals surface area (Å²) in [6, 6.07) is 8.99. The van der Waals surface area contributed by atoms with Crippen LogP contribution < -0.4 is 15.6 Å². The van der Waals surface area contributed by atoms with Crippen molar-refractivity contribution >= 4 is 22.4 Å². The molecule has 0 saturated carbocycles. The lowest BCUT2D eigenvalue weighted by atomic mass is 10.0. The molecule has 1 amide bonds. The molecule has 2 aromatic heterocycles. The number of benzene rings is 1. The van der Waals surface area contributed by atoms with E-state index >= 15 is 0 Å². The van der Waals surface area contributed by atoms with Crippen molar-refractivity contribution in [3.05, 3.63) is 62.9 Å². The molecule has 0 radical (unpaired) electrons. The van der Waals surface area contributed by atoms with Crippen LogP contribution in [0.25, 0.3) is 11.3 Å². The molecule has 0 bridgehead atoms. The van der Waals surface area contributed by atoms with Crippen LogP contribution in [-0.4, -0.2) is 22.6 Å². The zero-order valence-electron chi connectivity index (χ0n) is 16.4. The first-order chi connectivity index (χ1) is 13.4. The SMILES string of the molecule is COc1cc(C)c(-c2nc(NC(=O)CCn3ccccc3=O)sc2C)cc1C. The van der Waals surface area contributed by atoms with E-state index in [-0.39, 0.29) is 17.9 Å². The summed E-state index contributed by atoms with van der Waals surface area (Å²) in [7, 11) is 1.66. The van der Waals surface area contributed by atoms with Crippen LogP contribution in [0.1, 0.15) is 22.4 Å². The Balaban J connectivity index is 1.74. The highest BCUT2D eigenvalue weighted by atomic mass is 32.1. The van der Waals surface area contributed by atoms with Gasteiger partial charge in [-0.2, -0.15) is 0 Å². The summed E-state index contributed by atoms with van der Waals surface area (Å²) in [6.45, 7) is 6.34. The highest BCUT2D eigenvalue weighted by molar-refractivity contribution is 7.16. The van der Waals surface area contributed by atoms with Gasteiger partial charge in [-0.15, -0.1) is 11.3 Å². The monoisotopic (exact) mass is 397 g/mol. The number of nitrogens with one attached hydrogen (secondary N) is 1. The smallest absolute Gasteiger partial charge is 0.250 e. The number of anilines is 1. The quantitative estimate of drug-likeness (QED) is 0.684. The predicted octanol–water partition coefficient (Wildman–Crippen LogP) is 3.93. The van der Waals surface area contributed by atoms with Gasteiger partial charge in [0, 0.05) is 35.7 Å². The number of ether oxygens (including phenoxy) is 1. The van der Waals surface area contributed by atoms with Crippen LogP contribution >= 0.6 is 11.3 Å². The van der Waals surface area contributed by atoms with Crippen molar-refractivity contribution in [2.75, 3.05) is 12.4 Å². The van der Waals surface area contributed by atoms with Crippen LogP contribution in [0.5, 0.6) is 5.75 Å². The van der Waals surface area contributed by atoms with Gasteiger partial charge in [0.05, 0.1) is 12.8 Å². The Hall–Kier alpha value is -2.93. The van der Waals surface area contributed by atoms with Crippen molar-refractivity contribution < 1.29 is 9.53 Å². The van der Waals surface area contributed by atoms with Crippen molar-refractivity contribution in [3.8, 4) is 17.0 Å². The Morgan fingerprint density at radius 1 is 1.21 bits per heavy atom. The topological polar surface area (TPSA) is 73.2 Å². The molecular formula is C21H23N3O3S. The van der Waals surface area contributed by atoms with Crippen molar-refractivity contribution in [1.29, 1.82) is 0 Å². The lowest BCUT2D eigenvalue weighted by Crippen LogP contribution is -2.21. The van der Waals surface area contributed by atoms with Crippen molar-refractivity contribution in [2.45, 2.75) is 33.7 Å². The minimum atomic E-state index is -0.168.